The van der Waals surface area contributed by atoms with E-state index in [-0.39, 0.29) is 6.03 Å². The van der Waals surface area contributed by atoms with Crippen LogP contribution in [0.4, 0.5) is 4.79 Å². The largest absolute Gasteiger partial charge is 0.338 e. The summed E-state index contributed by atoms with van der Waals surface area (Å²) in [7, 11) is 0. The third-order valence-corrected chi connectivity index (χ3v) is 2.45. The van der Waals surface area contributed by atoms with Gasteiger partial charge in [0.05, 0.1) is 0 Å². The molecule has 0 spiro atoms. The van der Waals surface area contributed by atoms with Crippen LogP contribution in [0.2, 0.25) is 0 Å². The summed E-state index contributed by atoms with van der Waals surface area (Å²) in [4.78, 5) is 11.3. The normalized spacial score (nSPS) is 21.6. The minimum Gasteiger partial charge on any atom is -0.338 e. The highest BCUT2D eigenvalue weighted by Crippen LogP contribution is 2.00. The fourth-order valence-electron chi connectivity index (χ4n) is 1.59. The van der Waals surface area contributed by atoms with Gasteiger partial charge in [0.15, 0.2) is 0 Å². The van der Waals surface area contributed by atoms with Crippen LogP contribution >= 0.6 is 0 Å². The first-order chi connectivity index (χ1) is 6.83. The lowest BCUT2D eigenvalue weighted by Crippen LogP contribution is -2.49. The number of carbonyl (C=O) groups is 1. The number of nitrogens with one attached hydrogen (secondary N) is 3. The molecule has 3 N–H and O–H groups in total. The molecule has 1 atom stereocenters. The molecule has 0 aromatic carbocycles. The summed E-state index contributed by atoms with van der Waals surface area (Å²) in [6.07, 6.45) is 4.41. The molecule has 0 aromatic heterocycles. The lowest BCUT2D eigenvalue weighted by atomic mass is 10.1. The Morgan fingerprint density at radius 1 is 1.57 bits per heavy atom. The van der Waals surface area contributed by atoms with Gasteiger partial charge in [0, 0.05) is 19.1 Å². The van der Waals surface area contributed by atoms with Crippen molar-refractivity contribution in [2.24, 2.45) is 0 Å². The third-order valence-electron chi connectivity index (χ3n) is 2.45. The van der Waals surface area contributed by atoms with Crippen molar-refractivity contribution in [1.82, 2.24) is 16.0 Å². The van der Waals surface area contributed by atoms with Crippen LogP contribution in [-0.4, -0.2) is 31.7 Å². The fraction of sp³-hybridized carbons (Fsp3) is 0.900. The van der Waals surface area contributed by atoms with E-state index in [1.165, 1.54) is 0 Å². The van der Waals surface area contributed by atoms with Gasteiger partial charge in [-0.1, -0.05) is 13.3 Å². The van der Waals surface area contributed by atoms with Crippen LogP contribution < -0.4 is 16.0 Å². The second kappa shape index (κ2) is 6.65. The average molecular weight is 199 g/mol. The minimum absolute atomic E-state index is 0.0212. The zero-order valence-corrected chi connectivity index (χ0v) is 8.94. The first-order valence-electron chi connectivity index (χ1n) is 5.58. The third kappa shape index (κ3) is 4.46. The average Bonchev–Trinajstić information content (AvgIpc) is 2.20. The zero-order chi connectivity index (χ0) is 10.2. The second-order valence-electron chi connectivity index (χ2n) is 3.80. The summed E-state index contributed by atoms with van der Waals surface area (Å²) >= 11 is 0. The molecule has 1 fully saturated rings. The summed E-state index contributed by atoms with van der Waals surface area (Å²) in [5.41, 5.74) is 0. The molecule has 1 aliphatic rings. The van der Waals surface area contributed by atoms with Gasteiger partial charge in [0.1, 0.15) is 0 Å². The predicted molar refractivity (Wildman–Crippen MR) is 57.3 cm³/mol. The summed E-state index contributed by atoms with van der Waals surface area (Å²) in [6, 6.07) is 0.289. The van der Waals surface area contributed by atoms with E-state index in [0.717, 1.165) is 45.3 Å². The quantitative estimate of drug-likeness (QED) is 0.588. The van der Waals surface area contributed by atoms with E-state index in [0.29, 0.717) is 6.04 Å². The molecule has 0 aliphatic carbocycles. The Morgan fingerprint density at radius 3 is 3.07 bits per heavy atom. The van der Waals surface area contributed by atoms with Gasteiger partial charge in [-0.05, 0) is 25.8 Å². The van der Waals surface area contributed by atoms with E-state index in [1.54, 1.807) is 0 Å². The number of rotatable bonds is 4. The van der Waals surface area contributed by atoms with Crippen molar-refractivity contribution in [2.45, 2.75) is 38.6 Å². The van der Waals surface area contributed by atoms with Crippen molar-refractivity contribution in [3.63, 3.8) is 0 Å². The summed E-state index contributed by atoms with van der Waals surface area (Å²) in [5.74, 6) is 0. The van der Waals surface area contributed by atoms with Crippen molar-refractivity contribution >= 4 is 6.03 Å². The molecule has 0 aromatic rings. The number of urea groups is 1. The van der Waals surface area contributed by atoms with Crippen LogP contribution in [-0.2, 0) is 0 Å². The van der Waals surface area contributed by atoms with Crippen LogP contribution in [0.15, 0.2) is 0 Å². The van der Waals surface area contributed by atoms with Gasteiger partial charge in [-0.25, -0.2) is 4.79 Å². The van der Waals surface area contributed by atoms with Gasteiger partial charge in [-0.2, -0.15) is 0 Å². The molecule has 82 valence electrons. The molecule has 0 bridgehead atoms. The topological polar surface area (TPSA) is 53.2 Å². The van der Waals surface area contributed by atoms with Gasteiger partial charge >= 0.3 is 6.03 Å². The van der Waals surface area contributed by atoms with E-state index in [4.69, 9.17) is 0 Å². The summed E-state index contributed by atoms with van der Waals surface area (Å²) < 4.78 is 0. The SMILES string of the molecule is CCCCNC(=O)N[C@@H]1CCCNC1. The first-order valence-corrected chi connectivity index (χ1v) is 5.58. The van der Waals surface area contributed by atoms with Gasteiger partial charge in [0.2, 0.25) is 0 Å². The van der Waals surface area contributed by atoms with E-state index < -0.39 is 0 Å². The molecular formula is C10H21N3O. The smallest absolute Gasteiger partial charge is 0.315 e. The Labute approximate surface area is 85.8 Å². The monoisotopic (exact) mass is 199 g/mol. The molecule has 4 heteroatoms. The van der Waals surface area contributed by atoms with Crippen LogP contribution in [0.1, 0.15) is 32.6 Å². The van der Waals surface area contributed by atoms with Crippen LogP contribution in [0.3, 0.4) is 0 Å². The first kappa shape index (κ1) is 11.3. The molecule has 0 radical (unpaired) electrons. The zero-order valence-electron chi connectivity index (χ0n) is 8.94. The minimum atomic E-state index is -0.0212. The van der Waals surface area contributed by atoms with E-state index in [9.17, 15) is 4.79 Å². The van der Waals surface area contributed by atoms with Gasteiger partial charge in [-0.15, -0.1) is 0 Å². The standard InChI is InChI=1S/C10H21N3O/c1-2-3-7-12-10(14)13-9-5-4-6-11-8-9/h9,11H,2-8H2,1H3,(H2,12,13,14)/t9-/m1/s1. The maximum absolute atomic E-state index is 11.3. The number of carbonyl (C=O) groups excluding carboxylic acids is 1. The molecule has 4 nitrogen and oxygen atoms in total. The Kier molecular flexibility index (Phi) is 5.37. The molecule has 1 saturated heterocycles. The second-order valence-corrected chi connectivity index (χ2v) is 3.80. The van der Waals surface area contributed by atoms with Crippen molar-refractivity contribution in [3.05, 3.63) is 0 Å². The molecule has 14 heavy (non-hydrogen) atoms. The molecule has 0 saturated carbocycles. The molecule has 1 heterocycles. The number of amides is 2. The maximum atomic E-state index is 11.3. The van der Waals surface area contributed by atoms with Crippen molar-refractivity contribution in [1.29, 1.82) is 0 Å². The van der Waals surface area contributed by atoms with Gasteiger partial charge in [0.25, 0.3) is 0 Å². The maximum Gasteiger partial charge on any atom is 0.315 e. The number of piperidine rings is 1. The molecule has 2 amide bonds. The Balaban J connectivity index is 2.06. The van der Waals surface area contributed by atoms with E-state index >= 15 is 0 Å². The highest BCUT2D eigenvalue weighted by molar-refractivity contribution is 5.74. The van der Waals surface area contributed by atoms with Crippen molar-refractivity contribution in [3.8, 4) is 0 Å². The Morgan fingerprint density at radius 2 is 2.43 bits per heavy atom. The van der Waals surface area contributed by atoms with E-state index in [1.807, 2.05) is 0 Å². The molecular weight excluding hydrogens is 178 g/mol. The molecule has 0 unspecified atom stereocenters. The molecule has 1 aliphatic heterocycles. The fourth-order valence-corrected chi connectivity index (χ4v) is 1.59. The lowest BCUT2D eigenvalue weighted by molar-refractivity contribution is 0.233. The highest BCUT2D eigenvalue weighted by Gasteiger charge is 2.14. The Hall–Kier alpha value is -0.770. The van der Waals surface area contributed by atoms with Crippen LogP contribution in [0.25, 0.3) is 0 Å². The van der Waals surface area contributed by atoms with Crippen molar-refractivity contribution in [2.75, 3.05) is 19.6 Å². The lowest BCUT2D eigenvalue weighted by Gasteiger charge is -2.23. The number of hydrogen-bond donors (Lipinski definition) is 3. The Bertz CT molecular complexity index is 167. The van der Waals surface area contributed by atoms with E-state index in [2.05, 4.69) is 22.9 Å². The summed E-state index contributed by atoms with van der Waals surface area (Å²) in [6.45, 7) is 4.88. The van der Waals surface area contributed by atoms with Gasteiger partial charge in [-0.3, -0.25) is 0 Å². The predicted octanol–water partition coefficient (Wildman–Crippen LogP) is 0.838. The number of unbranched alkanes of at least 4 members (excludes halogenated alkanes) is 1. The number of hydrogen-bond acceptors (Lipinski definition) is 2. The summed E-state index contributed by atoms with van der Waals surface area (Å²) in [5, 5.41) is 9.08. The van der Waals surface area contributed by atoms with Crippen LogP contribution in [0, 0.1) is 0 Å². The van der Waals surface area contributed by atoms with Crippen LogP contribution in [0.5, 0.6) is 0 Å². The highest BCUT2D eigenvalue weighted by atomic mass is 16.2. The van der Waals surface area contributed by atoms with Gasteiger partial charge < -0.3 is 16.0 Å². The molecule has 1 rings (SSSR count). The van der Waals surface area contributed by atoms with Crippen molar-refractivity contribution < 1.29 is 4.79 Å².